The van der Waals surface area contributed by atoms with E-state index in [1.807, 2.05) is 18.2 Å². The van der Waals surface area contributed by atoms with Crippen LogP contribution in [0, 0.1) is 11.8 Å². The van der Waals surface area contributed by atoms with Crippen LogP contribution in [0.4, 0.5) is 0 Å². The molecule has 0 bridgehead atoms. The van der Waals surface area contributed by atoms with Gasteiger partial charge in [-0.05, 0) is 66.4 Å². The normalized spacial score (nSPS) is 28.9. The number of carbonyl (C=O) groups excluding carboxylic acids is 1. The summed E-state index contributed by atoms with van der Waals surface area (Å²) < 4.78 is 0. The lowest BCUT2D eigenvalue weighted by atomic mass is 9.63. The summed E-state index contributed by atoms with van der Waals surface area (Å²) in [6, 6.07) is 19.0. The molecular formula is C29H30N2O. The van der Waals surface area contributed by atoms with E-state index >= 15 is 0 Å². The molecule has 0 radical (unpaired) electrons. The molecule has 1 saturated carbocycles. The largest absolute Gasteiger partial charge is 0.357 e. The number of aromatic nitrogens is 1. The molecule has 1 N–H and O–H groups in total. The molecule has 3 aromatic rings. The lowest BCUT2D eigenvalue weighted by Crippen LogP contribution is -2.58. The second kappa shape index (κ2) is 7.60. The summed E-state index contributed by atoms with van der Waals surface area (Å²) in [5.74, 6) is 1.32. The quantitative estimate of drug-likeness (QED) is 0.423. The molecule has 0 spiro atoms. The Kier molecular flexibility index (Phi) is 4.69. The maximum Gasteiger partial charge on any atom is 0.159 e. The van der Waals surface area contributed by atoms with Gasteiger partial charge in [0, 0.05) is 36.1 Å². The van der Waals surface area contributed by atoms with Crippen molar-refractivity contribution in [3.63, 3.8) is 0 Å². The van der Waals surface area contributed by atoms with Gasteiger partial charge in [-0.25, -0.2) is 0 Å². The van der Waals surface area contributed by atoms with Gasteiger partial charge < -0.3 is 4.98 Å². The number of hydrogen-bond acceptors (Lipinski definition) is 2. The molecule has 1 saturated heterocycles. The third-order valence-electron chi connectivity index (χ3n) is 8.15. The van der Waals surface area contributed by atoms with E-state index in [1.165, 1.54) is 22.2 Å². The van der Waals surface area contributed by atoms with Crippen molar-refractivity contribution in [2.75, 3.05) is 13.1 Å². The number of allylic oxidation sites excluding steroid dienone is 1. The summed E-state index contributed by atoms with van der Waals surface area (Å²) in [7, 11) is 0. The number of aromatic amines is 1. The predicted octanol–water partition coefficient (Wildman–Crippen LogP) is 5.88. The molecule has 162 valence electrons. The number of rotatable bonds is 3. The predicted molar refractivity (Wildman–Crippen MR) is 130 cm³/mol. The smallest absolute Gasteiger partial charge is 0.159 e. The van der Waals surface area contributed by atoms with Crippen molar-refractivity contribution in [3.05, 3.63) is 89.6 Å². The van der Waals surface area contributed by atoms with Gasteiger partial charge in [0.25, 0.3) is 0 Å². The molecule has 0 amide bonds. The lowest BCUT2D eigenvalue weighted by Gasteiger charge is -2.55. The Morgan fingerprint density at radius 3 is 2.72 bits per heavy atom. The van der Waals surface area contributed by atoms with Crippen molar-refractivity contribution in [2.24, 2.45) is 11.8 Å². The molecule has 1 aliphatic carbocycles. The number of piperidine rings is 1. The molecule has 3 atom stereocenters. The minimum absolute atomic E-state index is 0.0591. The van der Waals surface area contributed by atoms with Crippen molar-refractivity contribution in [1.82, 2.24) is 9.88 Å². The Hall–Kier alpha value is -2.91. The van der Waals surface area contributed by atoms with Gasteiger partial charge in [-0.15, -0.1) is 6.58 Å². The van der Waals surface area contributed by atoms with Crippen molar-refractivity contribution in [1.29, 1.82) is 0 Å². The minimum Gasteiger partial charge on any atom is -0.357 e. The zero-order valence-electron chi connectivity index (χ0n) is 18.5. The third-order valence-corrected chi connectivity index (χ3v) is 8.15. The number of carbonyl (C=O) groups is 1. The van der Waals surface area contributed by atoms with Crippen LogP contribution in [0.25, 0.3) is 17.0 Å². The maximum absolute atomic E-state index is 13.2. The molecule has 6 rings (SSSR count). The fourth-order valence-corrected chi connectivity index (χ4v) is 6.68. The lowest BCUT2D eigenvalue weighted by molar-refractivity contribution is -0.121. The number of fused-ring (bicyclic) bond motifs is 6. The molecule has 0 unspecified atom stereocenters. The van der Waals surface area contributed by atoms with E-state index in [-0.39, 0.29) is 5.54 Å². The second-order valence-electron chi connectivity index (χ2n) is 9.88. The molecule has 32 heavy (non-hydrogen) atoms. The fourth-order valence-electron chi connectivity index (χ4n) is 6.68. The Morgan fingerprint density at radius 2 is 1.88 bits per heavy atom. The van der Waals surface area contributed by atoms with Crippen LogP contribution in [-0.2, 0) is 16.8 Å². The molecular weight excluding hydrogens is 392 g/mol. The average molecular weight is 423 g/mol. The van der Waals surface area contributed by atoms with E-state index in [4.69, 9.17) is 0 Å². The summed E-state index contributed by atoms with van der Waals surface area (Å²) in [5.41, 5.74) is 6.17. The number of nitrogens with one attached hydrogen (secondary N) is 1. The monoisotopic (exact) mass is 422 g/mol. The number of H-pyrrole nitrogens is 1. The van der Waals surface area contributed by atoms with Gasteiger partial charge >= 0.3 is 0 Å². The van der Waals surface area contributed by atoms with E-state index in [0.717, 1.165) is 49.9 Å². The van der Waals surface area contributed by atoms with Crippen molar-refractivity contribution in [3.8, 4) is 0 Å². The Balaban J connectivity index is 1.36. The maximum atomic E-state index is 13.2. The standard InChI is InChI=1S/C29H30N2O/c1-2-13-29-18-22-17-27(32)21(15-20-8-4-3-5-9-20)16-23(22)19-31(29)14-12-25-24-10-6-7-11-26(24)30-28(25)29/h2-11,15,22-23,30H,1,12-14,16-19H2/b21-15+/t22-,23-,29-/m0/s1. The zero-order chi connectivity index (χ0) is 21.7. The number of para-hydroxylation sites is 1. The van der Waals surface area contributed by atoms with Crippen LogP contribution in [0.3, 0.4) is 0 Å². The van der Waals surface area contributed by atoms with Gasteiger partial charge in [-0.1, -0.05) is 54.6 Å². The van der Waals surface area contributed by atoms with Crippen molar-refractivity contribution < 1.29 is 4.79 Å². The first kappa shape index (κ1) is 19.8. The van der Waals surface area contributed by atoms with Crippen LogP contribution in [0.2, 0.25) is 0 Å². The summed E-state index contributed by atoms with van der Waals surface area (Å²) in [6.07, 6.45) is 8.83. The Labute approximate surface area is 189 Å². The van der Waals surface area contributed by atoms with Crippen LogP contribution < -0.4 is 0 Å². The van der Waals surface area contributed by atoms with Crippen LogP contribution >= 0.6 is 0 Å². The number of hydrogen-bond donors (Lipinski definition) is 1. The molecule has 3 nitrogen and oxygen atoms in total. The minimum atomic E-state index is -0.0591. The third kappa shape index (κ3) is 3.02. The average Bonchev–Trinajstić information content (AvgIpc) is 3.19. The van der Waals surface area contributed by atoms with E-state index in [9.17, 15) is 4.79 Å². The molecule has 3 heterocycles. The number of ketones is 1. The van der Waals surface area contributed by atoms with E-state index in [0.29, 0.717) is 24.0 Å². The zero-order valence-corrected chi connectivity index (χ0v) is 18.5. The number of benzene rings is 2. The summed E-state index contributed by atoms with van der Waals surface area (Å²) in [4.78, 5) is 19.7. The van der Waals surface area contributed by atoms with Crippen LogP contribution in [-0.4, -0.2) is 28.8 Å². The number of Topliss-reactive ketones (excluding diaryl/α,β-unsaturated/α-hetero) is 1. The van der Waals surface area contributed by atoms with Gasteiger partial charge in [0.2, 0.25) is 0 Å². The first-order chi connectivity index (χ1) is 15.7. The fraction of sp³-hybridized carbons (Fsp3) is 0.345. The van der Waals surface area contributed by atoms with Gasteiger partial charge in [0.1, 0.15) is 0 Å². The number of nitrogens with zero attached hydrogens (tertiary/aromatic N) is 1. The van der Waals surface area contributed by atoms with Crippen LogP contribution in [0.5, 0.6) is 0 Å². The molecule has 2 aliphatic heterocycles. The summed E-state index contributed by atoms with van der Waals surface area (Å²) >= 11 is 0. The van der Waals surface area contributed by atoms with Crippen molar-refractivity contribution in [2.45, 2.75) is 37.6 Å². The Morgan fingerprint density at radius 1 is 1.06 bits per heavy atom. The second-order valence-corrected chi connectivity index (χ2v) is 9.88. The van der Waals surface area contributed by atoms with E-state index in [1.54, 1.807) is 0 Å². The summed E-state index contributed by atoms with van der Waals surface area (Å²) in [5, 5.41) is 1.36. The van der Waals surface area contributed by atoms with E-state index < -0.39 is 0 Å². The highest BCUT2D eigenvalue weighted by molar-refractivity contribution is 6.00. The first-order valence-electron chi connectivity index (χ1n) is 11.9. The molecule has 2 aromatic carbocycles. The molecule has 2 fully saturated rings. The molecule has 1 aromatic heterocycles. The van der Waals surface area contributed by atoms with Gasteiger partial charge in [-0.3, -0.25) is 9.69 Å². The van der Waals surface area contributed by atoms with Gasteiger partial charge in [0.05, 0.1) is 5.54 Å². The van der Waals surface area contributed by atoms with Gasteiger partial charge in [-0.2, -0.15) is 0 Å². The Bertz CT molecular complexity index is 1220. The first-order valence-corrected chi connectivity index (χ1v) is 11.9. The van der Waals surface area contributed by atoms with Gasteiger partial charge in [0.15, 0.2) is 5.78 Å². The van der Waals surface area contributed by atoms with Crippen molar-refractivity contribution >= 4 is 22.8 Å². The van der Waals surface area contributed by atoms with Crippen LogP contribution in [0.1, 0.15) is 42.5 Å². The van der Waals surface area contributed by atoms with Crippen LogP contribution in [0.15, 0.2) is 72.8 Å². The summed E-state index contributed by atoms with van der Waals surface area (Å²) in [6.45, 7) is 6.27. The SMILES string of the molecule is C=CC[C@@]12C[C@@H]3CC(=O)/C(=C/c4ccccc4)C[C@H]3CN1CCc1c2[nH]c2ccccc12. The highest BCUT2D eigenvalue weighted by atomic mass is 16.1. The molecule has 3 aliphatic rings. The highest BCUT2D eigenvalue weighted by Gasteiger charge is 2.51. The highest BCUT2D eigenvalue weighted by Crippen LogP contribution is 2.52. The topological polar surface area (TPSA) is 36.1 Å². The molecule has 3 heteroatoms. The van der Waals surface area contributed by atoms with E-state index in [2.05, 4.69) is 65.0 Å².